The van der Waals surface area contributed by atoms with Gasteiger partial charge in [-0.3, -0.25) is 5.41 Å². The molecule has 0 bridgehead atoms. The van der Waals surface area contributed by atoms with Crippen LogP contribution in [0.2, 0.25) is 0 Å². The minimum Gasteiger partial charge on any atom is -0.399 e. The lowest BCUT2D eigenvalue weighted by Crippen LogP contribution is -2.28. The predicted octanol–water partition coefficient (Wildman–Crippen LogP) is 3.84. The monoisotopic (exact) mass is 337 g/mol. The van der Waals surface area contributed by atoms with E-state index in [9.17, 15) is 0 Å². The second kappa shape index (κ2) is 7.14. The Balaban J connectivity index is 1.65. The summed E-state index contributed by atoms with van der Waals surface area (Å²) in [6.45, 7) is 2.56. The van der Waals surface area contributed by atoms with Crippen molar-refractivity contribution in [3.05, 3.63) is 65.9 Å². The van der Waals surface area contributed by atoms with Crippen LogP contribution in [0.25, 0.3) is 10.4 Å². The highest BCUT2D eigenvalue weighted by atomic mass is 32.1. The van der Waals surface area contributed by atoms with Crippen LogP contribution in [0.3, 0.4) is 0 Å². The van der Waals surface area contributed by atoms with Crippen LogP contribution in [-0.2, 0) is 6.54 Å². The van der Waals surface area contributed by atoms with E-state index in [1.54, 1.807) is 0 Å². The largest absolute Gasteiger partial charge is 0.399 e. The summed E-state index contributed by atoms with van der Waals surface area (Å²) in [4.78, 5) is 5.55. The van der Waals surface area contributed by atoms with E-state index in [0.29, 0.717) is 11.7 Å². The van der Waals surface area contributed by atoms with Crippen molar-refractivity contribution in [2.45, 2.75) is 13.5 Å². The highest BCUT2D eigenvalue weighted by molar-refractivity contribution is 7.19. The Hall–Kier alpha value is -2.86. The van der Waals surface area contributed by atoms with Gasteiger partial charge in [-0.05, 0) is 30.2 Å². The van der Waals surface area contributed by atoms with Crippen molar-refractivity contribution in [3.63, 3.8) is 0 Å². The number of thiazole rings is 1. The maximum Gasteiger partial charge on any atom is 0.195 e. The second-order valence-electron chi connectivity index (χ2n) is 5.40. The molecule has 0 saturated carbocycles. The van der Waals surface area contributed by atoms with Crippen LogP contribution >= 0.6 is 11.3 Å². The first-order valence-corrected chi connectivity index (χ1v) is 8.40. The molecule has 0 radical (unpaired) electrons. The third-order valence-electron chi connectivity index (χ3n) is 3.49. The lowest BCUT2D eigenvalue weighted by molar-refractivity contribution is 0.904. The normalized spacial score (nSPS) is 10.4. The van der Waals surface area contributed by atoms with Gasteiger partial charge in [-0.2, -0.15) is 0 Å². The van der Waals surface area contributed by atoms with Gasteiger partial charge in [0.05, 0.1) is 10.6 Å². The van der Waals surface area contributed by atoms with Gasteiger partial charge in [0.1, 0.15) is 0 Å². The lowest BCUT2D eigenvalue weighted by atomic mass is 10.1. The molecule has 0 spiro atoms. The number of nitrogens with two attached hydrogens (primary N) is 1. The van der Waals surface area contributed by atoms with E-state index in [2.05, 4.69) is 15.6 Å². The lowest BCUT2D eigenvalue weighted by Gasteiger charge is -2.08. The standard InChI is InChI=1S/C18H19N5S/c1-12-16(14-8-5-9-15(19)10-14)24-18(22-12)23-17(20)21-11-13-6-3-2-4-7-13/h2-10H,11,19H2,1H3,(H3,20,21,22,23). The Bertz CT molecular complexity index is 842. The minimum absolute atomic E-state index is 0.228. The van der Waals surface area contributed by atoms with Crippen LogP contribution in [-0.4, -0.2) is 10.9 Å². The van der Waals surface area contributed by atoms with Crippen LogP contribution in [0.1, 0.15) is 11.3 Å². The molecule has 0 atom stereocenters. The van der Waals surface area contributed by atoms with Crippen molar-refractivity contribution in [1.82, 2.24) is 10.3 Å². The van der Waals surface area contributed by atoms with Gasteiger partial charge in [0, 0.05) is 12.2 Å². The van der Waals surface area contributed by atoms with Crippen molar-refractivity contribution in [1.29, 1.82) is 5.41 Å². The van der Waals surface area contributed by atoms with E-state index in [4.69, 9.17) is 11.1 Å². The number of anilines is 2. The number of nitrogens with one attached hydrogen (secondary N) is 3. The number of hydrogen-bond acceptors (Lipinski definition) is 4. The minimum atomic E-state index is 0.228. The molecule has 24 heavy (non-hydrogen) atoms. The zero-order chi connectivity index (χ0) is 16.9. The molecule has 5 nitrogen and oxygen atoms in total. The molecule has 3 rings (SSSR count). The molecule has 0 unspecified atom stereocenters. The van der Waals surface area contributed by atoms with E-state index < -0.39 is 0 Å². The Morgan fingerprint density at radius 2 is 1.96 bits per heavy atom. The van der Waals surface area contributed by atoms with Gasteiger partial charge < -0.3 is 16.4 Å². The van der Waals surface area contributed by atoms with Gasteiger partial charge in [-0.15, -0.1) is 0 Å². The van der Waals surface area contributed by atoms with Crippen molar-refractivity contribution < 1.29 is 0 Å². The van der Waals surface area contributed by atoms with Crippen molar-refractivity contribution >= 4 is 28.1 Å². The molecular formula is C18H19N5S. The van der Waals surface area contributed by atoms with E-state index >= 15 is 0 Å². The van der Waals surface area contributed by atoms with Gasteiger partial charge in [-0.1, -0.05) is 53.8 Å². The molecule has 2 aromatic carbocycles. The number of nitrogens with zero attached hydrogens (tertiary/aromatic N) is 1. The molecule has 0 aliphatic carbocycles. The zero-order valence-corrected chi connectivity index (χ0v) is 14.2. The molecule has 1 aromatic heterocycles. The number of guanidine groups is 1. The van der Waals surface area contributed by atoms with E-state index in [1.165, 1.54) is 11.3 Å². The number of rotatable bonds is 4. The number of benzene rings is 2. The number of aryl methyl sites for hydroxylation is 1. The summed E-state index contributed by atoms with van der Waals surface area (Å²) in [6, 6.07) is 17.7. The summed E-state index contributed by atoms with van der Waals surface area (Å²) >= 11 is 1.51. The van der Waals surface area contributed by atoms with Crippen LogP contribution in [0.15, 0.2) is 54.6 Å². The maximum absolute atomic E-state index is 8.02. The summed E-state index contributed by atoms with van der Waals surface area (Å²) in [5.41, 5.74) is 9.67. The quantitative estimate of drug-likeness (QED) is 0.331. The third-order valence-corrected chi connectivity index (χ3v) is 4.61. The Kier molecular flexibility index (Phi) is 4.77. The zero-order valence-electron chi connectivity index (χ0n) is 13.3. The van der Waals surface area contributed by atoms with Crippen LogP contribution in [0, 0.1) is 12.3 Å². The first kappa shape index (κ1) is 16.0. The number of nitrogen functional groups attached to an aromatic ring is 1. The molecule has 0 saturated heterocycles. The number of hydrogen-bond donors (Lipinski definition) is 4. The summed E-state index contributed by atoms with van der Waals surface area (Å²) in [5, 5.41) is 14.8. The van der Waals surface area contributed by atoms with E-state index in [1.807, 2.05) is 61.5 Å². The van der Waals surface area contributed by atoms with Crippen molar-refractivity contribution in [3.8, 4) is 10.4 Å². The Morgan fingerprint density at radius 3 is 2.71 bits per heavy atom. The summed E-state index contributed by atoms with van der Waals surface area (Å²) < 4.78 is 0. The second-order valence-corrected chi connectivity index (χ2v) is 6.40. The smallest absolute Gasteiger partial charge is 0.195 e. The fourth-order valence-electron chi connectivity index (χ4n) is 2.34. The molecule has 0 amide bonds. The average Bonchev–Trinajstić information content (AvgIpc) is 2.94. The first-order valence-electron chi connectivity index (χ1n) is 7.58. The van der Waals surface area contributed by atoms with Crippen LogP contribution in [0.4, 0.5) is 10.8 Å². The molecule has 0 aliphatic heterocycles. The van der Waals surface area contributed by atoms with Crippen molar-refractivity contribution in [2.75, 3.05) is 11.1 Å². The first-order chi connectivity index (χ1) is 11.6. The van der Waals surface area contributed by atoms with Crippen LogP contribution < -0.4 is 16.4 Å². The Labute approximate surface area is 145 Å². The maximum atomic E-state index is 8.02. The van der Waals surface area contributed by atoms with Gasteiger partial charge in [0.25, 0.3) is 0 Å². The molecule has 122 valence electrons. The third kappa shape index (κ3) is 3.91. The molecule has 1 heterocycles. The fourth-order valence-corrected chi connectivity index (χ4v) is 3.30. The topological polar surface area (TPSA) is 86.8 Å². The van der Waals surface area contributed by atoms with Gasteiger partial charge in [-0.25, -0.2) is 4.98 Å². The molecule has 0 aliphatic rings. The van der Waals surface area contributed by atoms with E-state index in [0.717, 1.165) is 27.4 Å². The SMILES string of the molecule is Cc1nc(NC(=N)NCc2ccccc2)sc1-c1cccc(N)c1. The summed E-state index contributed by atoms with van der Waals surface area (Å²) in [5.74, 6) is 0.228. The highest BCUT2D eigenvalue weighted by Crippen LogP contribution is 2.33. The molecular weight excluding hydrogens is 318 g/mol. The van der Waals surface area contributed by atoms with E-state index in [-0.39, 0.29) is 5.96 Å². The fraction of sp³-hybridized carbons (Fsp3) is 0.111. The van der Waals surface area contributed by atoms with Gasteiger partial charge in [0.2, 0.25) is 0 Å². The molecule has 0 fully saturated rings. The molecule has 5 N–H and O–H groups in total. The van der Waals surface area contributed by atoms with Gasteiger partial charge in [0.15, 0.2) is 11.1 Å². The van der Waals surface area contributed by atoms with Crippen LogP contribution in [0.5, 0.6) is 0 Å². The molecule has 3 aromatic rings. The highest BCUT2D eigenvalue weighted by Gasteiger charge is 2.11. The Morgan fingerprint density at radius 1 is 1.17 bits per heavy atom. The summed E-state index contributed by atoms with van der Waals surface area (Å²) in [7, 11) is 0. The van der Waals surface area contributed by atoms with Gasteiger partial charge >= 0.3 is 0 Å². The number of aromatic nitrogens is 1. The summed E-state index contributed by atoms with van der Waals surface area (Å²) in [6.07, 6.45) is 0. The molecule has 6 heteroatoms. The average molecular weight is 337 g/mol. The van der Waals surface area contributed by atoms with Crippen molar-refractivity contribution in [2.24, 2.45) is 0 Å². The predicted molar refractivity (Wildman–Crippen MR) is 101 cm³/mol.